The van der Waals surface area contributed by atoms with Crippen LogP contribution in [-0.2, 0) is 4.79 Å². The van der Waals surface area contributed by atoms with Crippen LogP contribution in [0, 0.1) is 13.8 Å². The molecule has 0 radical (unpaired) electrons. The van der Waals surface area contributed by atoms with Crippen molar-refractivity contribution in [3.8, 4) is 0 Å². The van der Waals surface area contributed by atoms with E-state index in [4.69, 9.17) is 0 Å². The first-order valence-corrected chi connectivity index (χ1v) is 8.49. The standard InChI is InChI=1S/C17H23N5OS/c1-11(16-12(2)24-13(3)20-16)22(6)15(23)8-7-14-9-18-17(19-10-14)21(4)5/h7-11H,1-6H3. The second-order valence-corrected chi connectivity index (χ2v) is 7.25. The number of carbonyl (C=O) groups excluding carboxylic acids is 1. The second-order valence-electron chi connectivity index (χ2n) is 5.84. The van der Waals surface area contributed by atoms with Gasteiger partial charge in [-0.3, -0.25) is 4.79 Å². The average molecular weight is 345 g/mol. The normalized spacial score (nSPS) is 12.4. The molecule has 0 aliphatic rings. The fourth-order valence-corrected chi connectivity index (χ4v) is 3.15. The Labute approximate surface area is 146 Å². The zero-order chi connectivity index (χ0) is 17.9. The molecule has 0 saturated heterocycles. The van der Waals surface area contributed by atoms with E-state index in [1.54, 1.807) is 47.8 Å². The number of amides is 1. The summed E-state index contributed by atoms with van der Waals surface area (Å²) in [6.45, 7) is 6.00. The van der Waals surface area contributed by atoms with Crippen molar-refractivity contribution in [3.05, 3.63) is 39.6 Å². The molecule has 2 aromatic heterocycles. The minimum absolute atomic E-state index is 0.0699. The Kier molecular flexibility index (Phi) is 5.66. The Morgan fingerprint density at radius 3 is 2.33 bits per heavy atom. The molecule has 0 bridgehead atoms. The summed E-state index contributed by atoms with van der Waals surface area (Å²) < 4.78 is 0. The van der Waals surface area contributed by atoms with Gasteiger partial charge in [0.05, 0.1) is 16.7 Å². The van der Waals surface area contributed by atoms with Crippen LogP contribution < -0.4 is 4.90 Å². The largest absolute Gasteiger partial charge is 0.347 e. The van der Waals surface area contributed by atoms with Gasteiger partial charge in [0.15, 0.2) is 0 Å². The number of rotatable bonds is 5. The van der Waals surface area contributed by atoms with Crippen LogP contribution >= 0.6 is 11.3 Å². The number of hydrogen-bond donors (Lipinski definition) is 0. The maximum absolute atomic E-state index is 12.4. The van der Waals surface area contributed by atoms with Gasteiger partial charge in [-0.15, -0.1) is 11.3 Å². The molecular weight excluding hydrogens is 322 g/mol. The van der Waals surface area contributed by atoms with Crippen molar-refractivity contribution in [1.82, 2.24) is 19.9 Å². The van der Waals surface area contributed by atoms with Crippen molar-refractivity contribution in [2.24, 2.45) is 0 Å². The monoisotopic (exact) mass is 345 g/mol. The van der Waals surface area contributed by atoms with Crippen LogP contribution in [0.3, 0.4) is 0 Å². The minimum Gasteiger partial charge on any atom is -0.347 e. The second kappa shape index (κ2) is 7.53. The summed E-state index contributed by atoms with van der Waals surface area (Å²) in [5, 5.41) is 1.02. The molecule has 0 saturated carbocycles. The molecule has 0 aliphatic heterocycles. The maximum atomic E-state index is 12.4. The van der Waals surface area contributed by atoms with Gasteiger partial charge in [-0.25, -0.2) is 15.0 Å². The van der Waals surface area contributed by atoms with E-state index < -0.39 is 0 Å². The molecule has 0 N–H and O–H groups in total. The quantitative estimate of drug-likeness (QED) is 0.780. The lowest BCUT2D eigenvalue weighted by Gasteiger charge is -2.23. The van der Waals surface area contributed by atoms with Gasteiger partial charge in [-0.05, 0) is 26.8 Å². The number of carbonyl (C=O) groups is 1. The summed E-state index contributed by atoms with van der Waals surface area (Å²) in [5.41, 5.74) is 1.75. The molecule has 1 unspecified atom stereocenters. The predicted octanol–water partition coefficient (Wildman–Crippen LogP) is 2.85. The van der Waals surface area contributed by atoms with E-state index in [2.05, 4.69) is 15.0 Å². The predicted molar refractivity (Wildman–Crippen MR) is 98.2 cm³/mol. The van der Waals surface area contributed by atoms with E-state index in [1.807, 2.05) is 39.8 Å². The summed E-state index contributed by atoms with van der Waals surface area (Å²) in [7, 11) is 5.55. The Morgan fingerprint density at radius 1 is 1.21 bits per heavy atom. The number of anilines is 1. The Bertz CT molecular complexity index is 736. The fourth-order valence-electron chi connectivity index (χ4n) is 2.24. The molecular formula is C17H23N5OS. The third kappa shape index (κ3) is 4.17. The molecule has 1 atom stereocenters. The molecule has 0 fully saturated rings. The fraction of sp³-hybridized carbons (Fsp3) is 0.412. The lowest BCUT2D eigenvalue weighted by atomic mass is 10.2. The molecule has 2 rings (SSSR count). The van der Waals surface area contributed by atoms with Gasteiger partial charge < -0.3 is 9.80 Å². The number of nitrogens with zero attached hydrogens (tertiary/aromatic N) is 5. The van der Waals surface area contributed by atoms with E-state index in [0.29, 0.717) is 5.95 Å². The average Bonchev–Trinajstić information content (AvgIpc) is 2.89. The summed E-state index contributed by atoms with van der Waals surface area (Å²) in [6, 6.07) is -0.0699. The van der Waals surface area contributed by atoms with Gasteiger partial charge in [-0.1, -0.05) is 0 Å². The van der Waals surface area contributed by atoms with Crippen LogP contribution in [0.25, 0.3) is 6.08 Å². The Balaban J connectivity index is 2.06. The zero-order valence-corrected chi connectivity index (χ0v) is 15.8. The highest BCUT2D eigenvalue weighted by Crippen LogP contribution is 2.26. The SMILES string of the molecule is Cc1nc(C(C)N(C)C(=O)C=Cc2cnc(N(C)C)nc2)c(C)s1. The third-order valence-corrected chi connectivity index (χ3v) is 4.64. The van der Waals surface area contributed by atoms with Crippen molar-refractivity contribution in [1.29, 1.82) is 0 Å². The van der Waals surface area contributed by atoms with E-state index in [-0.39, 0.29) is 11.9 Å². The lowest BCUT2D eigenvalue weighted by Crippen LogP contribution is -2.28. The summed E-state index contributed by atoms with van der Waals surface area (Å²) in [5.74, 6) is 0.558. The molecule has 6 nitrogen and oxygen atoms in total. The summed E-state index contributed by atoms with van der Waals surface area (Å²) in [4.78, 5) is 30.0. The zero-order valence-electron chi connectivity index (χ0n) is 14.9. The highest BCUT2D eigenvalue weighted by Gasteiger charge is 2.20. The van der Waals surface area contributed by atoms with Crippen LogP contribution in [-0.4, -0.2) is 46.9 Å². The third-order valence-electron chi connectivity index (χ3n) is 3.74. The van der Waals surface area contributed by atoms with Crippen molar-refractivity contribution < 1.29 is 4.79 Å². The number of aryl methyl sites for hydroxylation is 2. The molecule has 0 aliphatic carbocycles. The Hall–Kier alpha value is -2.28. The van der Waals surface area contributed by atoms with Crippen LogP contribution in [0.2, 0.25) is 0 Å². The lowest BCUT2D eigenvalue weighted by molar-refractivity contribution is -0.126. The smallest absolute Gasteiger partial charge is 0.246 e. The van der Waals surface area contributed by atoms with Crippen LogP contribution in [0.4, 0.5) is 5.95 Å². The molecule has 0 spiro atoms. The van der Waals surface area contributed by atoms with Gasteiger partial charge in [-0.2, -0.15) is 0 Å². The summed E-state index contributed by atoms with van der Waals surface area (Å²) in [6.07, 6.45) is 6.66. The maximum Gasteiger partial charge on any atom is 0.246 e. The van der Waals surface area contributed by atoms with Crippen LogP contribution in [0.15, 0.2) is 18.5 Å². The molecule has 24 heavy (non-hydrogen) atoms. The van der Waals surface area contributed by atoms with Crippen LogP contribution in [0.5, 0.6) is 0 Å². The number of aromatic nitrogens is 3. The van der Waals surface area contributed by atoms with Crippen molar-refractivity contribution in [2.45, 2.75) is 26.8 Å². The molecule has 1 amide bonds. The van der Waals surface area contributed by atoms with Crippen molar-refractivity contribution in [3.63, 3.8) is 0 Å². The topological polar surface area (TPSA) is 62.2 Å². The minimum atomic E-state index is -0.0794. The van der Waals surface area contributed by atoms with Crippen molar-refractivity contribution >= 4 is 29.3 Å². The van der Waals surface area contributed by atoms with Gasteiger partial charge >= 0.3 is 0 Å². The molecule has 2 heterocycles. The van der Waals surface area contributed by atoms with E-state index >= 15 is 0 Å². The molecule has 2 aromatic rings. The highest BCUT2D eigenvalue weighted by molar-refractivity contribution is 7.11. The molecule has 0 aromatic carbocycles. The number of thiazole rings is 1. The van der Waals surface area contributed by atoms with Crippen LogP contribution in [0.1, 0.15) is 34.1 Å². The first kappa shape index (κ1) is 18.1. The highest BCUT2D eigenvalue weighted by atomic mass is 32.1. The van der Waals surface area contributed by atoms with Gasteiger partial charge in [0.2, 0.25) is 11.9 Å². The van der Waals surface area contributed by atoms with E-state index in [1.165, 1.54) is 0 Å². The molecule has 7 heteroatoms. The van der Waals surface area contributed by atoms with Gasteiger partial charge in [0, 0.05) is 50.1 Å². The number of hydrogen-bond acceptors (Lipinski definition) is 6. The summed E-state index contributed by atoms with van der Waals surface area (Å²) >= 11 is 1.65. The van der Waals surface area contributed by atoms with Crippen molar-refractivity contribution in [2.75, 3.05) is 26.0 Å². The van der Waals surface area contributed by atoms with E-state index in [9.17, 15) is 4.79 Å². The van der Waals surface area contributed by atoms with Gasteiger partial charge in [0.25, 0.3) is 0 Å². The van der Waals surface area contributed by atoms with E-state index in [0.717, 1.165) is 21.1 Å². The molecule has 128 valence electrons. The first-order valence-electron chi connectivity index (χ1n) is 7.67. The first-order chi connectivity index (χ1) is 11.3. The van der Waals surface area contributed by atoms with Gasteiger partial charge in [0.1, 0.15) is 0 Å². The number of likely N-dealkylation sites (N-methyl/N-ethyl adjacent to an activating group) is 1. The Morgan fingerprint density at radius 2 is 1.83 bits per heavy atom.